The van der Waals surface area contributed by atoms with Gasteiger partial charge in [0.2, 0.25) is 0 Å². The highest BCUT2D eigenvalue weighted by Crippen LogP contribution is 2.24. The van der Waals surface area contributed by atoms with E-state index in [4.69, 9.17) is 11.6 Å². The average molecular weight is 287 g/mol. The first-order valence-corrected chi connectivity index (χ1v) is 6.79. The number of fused-ring (bicyclic) bond motifs is 1. The zero-order valence-electron chi connectivity index (χ0n) is 11.4. The summed E-state index contributed by atoms with van der Waals surface area (Å²) in [5, 5.41) is 10.1. The second-order valence-electron chi connectivity index (χ2n) is 4.75. The van der Waals surface area contributed by atoms with Crippen molar-refractivity contribution in [2.24, 2.45) is 7.05 Å². The van der Waals surface area contributed by atoms with E-state index in [2.05, 4.69) is 15.4 Å². The Hall–Kier alpha value is -2.07. The van der Waals surface area contributed by atoms with Crippen LogP contribution >= 0.6 is 11.6 Å². The molecular formula is C15H15ClN4. The Morgan fingerprint density at radius 3 is 2.85 bits per heavy atom. The molecular weight excluding hydrogens is 272 g/mol. The van der Waals surface area contributed by atoms with Gasteiger partial charge in [-0.05, 0) is 18.4 Å². The minimum Gasteiger partial charge on any atom is -0.366 e. The van der Waals surface area contributed by atoms with Gasteiger partial charge in [0, 0.05) is 30.2 Å². The molecule has 0 bridgehead atoms. The maximum absolute atomic E-state index is 6.21. The van der Waals surface area contributed by atoms with Crippen LogP contribution in [0, 0.1) is 6.92 Å². The maximum Gasteiger partial charge on any atom is 0.139 e. The number of aromatic nitrogens is 3. The van der Waals surface area contributed by atoms with Crippen molar-refractivity contribution in [1.29, 1.82) is 0 Å². The van der Waals surface area contributed by atoms with Crippen LogP contribution in [-0.2, 0) is 13.6 Å². The minimum atomic E-state index is 0.522. The van der Waals surface area contributed by atoms with Gasteiger partial charge in [-0.25, -0.2) is 4.98 Å². The van der Waals surface area contributed by atoms with E-state index in [1.165, 1.54) is 0 Å². The zero-order chi connectivity index (χ0) is 14.1. The van der Waals surface area contributed by atoms with Gasteiger partial charge in [-0.15, -0.1) is 0 Å². The van der Waals surface area contributed by atoms with Crippen molar-refractivity contribution in [3.05, 3.63) is 52.9 Å². The van der Waals surface area contributed by atoms with Gasteiger partial charge >= 0.3 is 0 Å². The highest BCUT2D eigenvalue weighted by Gasteiger charge is 2.06. The van der Waals surface area contributed by atoms with Crippen LogP contribution in [0.25, 0.3) is 10.8 Å². The van der Waals surface area contributed by atoms with Crippen LogP contribution < -0.4 is 5.32 Å². The zero-order valence-corrected chi connectivity index (χ0v) is 12.1. The van der Waals surface area contributed by atoms with Crippen LogP contribution in [0.15, 0.2) is 36.5 Å². The highest BCUT2D eigenvalue weighted by molar-refractivity contribution is 6.34. The summed E-state index contributed by atoms with van der Waals surface area (Å²) in [5.41, 5.74) is 2.29. The Morgan fingerprint density at radius 2 is 2.10 bits per heavy atom. The molecule has 0 radical (unpaired) electrons. The predicted octanol–water partition coefficient (Wildman–Crippen LogP) is 3.54. The van der Waals surface area contributed by atoms with Crippen molar-refractivity contribution < 1.29 is 0 Å². The average Bonchev–Trinajstić information content (AvgIpc) is 2.77. The molecule has 0 aliphatic carbocycles. The third kappa shape index (κ3) is 2.34. The topological polar surface area (TPSA) is 42.7 Å². The number of hydrogen-bond donors (Lipinski definition) is 1. The van der Waals surface area contributed by atoms with E-state index in [1.54, 1.807) is 0 Å². The summed E-state index contributed by atoms with van der Waals surface area (Å²) in [5.74, 6) is 0.775. The number of nitrogens with zero attached hydrogens (tertiary/aromatic N) is 3. The summed E-state index contributed by atoms with van der Waals surface area (Å²) in [6.07, 6.45) is 1.87. The van der Waals surface area contributed by atoms with Crippen LogP contribution in [-0.4, -0.2) is 14.8 Å². The lowest BCUT2D eigenvalue weighted by Crippen LogP contribution is -2.03. The lowest BCUT2D eigenvalue weighted by atomic mass is 10.2. The van der Waals surface area contributed by atoms with Crippen molar-refractivity contribution in [3.63, 3.8) is 0 Å². The molecule has 0 saturated heterocycles. The fourth-order valence-corrected chi connectivity index (χ4v) is 2.41. The molecule has 0 aliphatic rings. The molecule has 0 aliphatic heterocycles. The van der Waals surface area contributed by atoms with Crippen LogP contribution in [0.5, 0.6) is 0 Å². The lowest BCUT2D eigenvalue weighted by molar-refractivity contribution is 0.738. The molecule has 0 atom stereocenters. The van der Waals surface area contributed by atoms with Gasteiger partial charge < -0.3 is 5.32 Å². The van der Waals surface area contributed by atoms with Crippen molar-refractivity contribution in [1.82, 2.24) is 14.8 Å². The number of hydrogen-bond acceptors (Lipinski definition) is 3. The molecule has 3 aromatic rings. The first-order chi connectivity index (χ1) is 9.65. The largest absolute Gasteiger partial charge is 0.366 e. The molecule has 4 nitrogen and oxygen atoms in total. The number of aryl methyl sites for hydroxylation is 1. The fourth-order valence-electron chi connectivity index (χ4n) is 2.15. The van der Waals surface area contributed by atoms with Crippen LogP contribution in [0.4, 0.5) is 5.82 Å². The van der Waals surface area contributed by atoms with Crippen molar-refractivity contribution in [2.75, 3.05) is 5.32 Å². The molecule has 3 rings (SSSR count). The molecule has 102 valence electrons. The molecule has 0 unspecified atom stereocenters. The van der Waals surface area contributed by atoms with Gasteiger partial charge in [0.05, 0.1) is 6.20 Å². The predicted molar refractivity (Wildman–Crippen MR) is 82.0 cm³/mol. The second kappa shape index (κ2) is 5.13. The quantitative estimate of drug-likeness (QED) is 0.749. The van der Waals surface area contributed by atoms with Gasteiger partial charge in [0.15, 0.2) is 0 Å². The maximum atomic E-state index is 6.21. The van der Waals surface area contributed by atoms with E-state index in [-0.39, 0.29) is 0 Å². The van der Waals surface area contributed by atoms with Gasteiger partial charge in [0.1, 0.15) is 11.0 Å². The van der Waals surface area contributed by atoms with Crippen molar-refractivity contribution >= 4 is 28.2 Å². The lowest BCUT2D eigenvalue weighted by Gasteiger charge is -2.08. The first kappa shape index (κ1) is 12.9. The standard InChI is InChI=1S/C15H15ClN4/c1-10-12(9-18-20(10)2)8-17-14-7-11-5-3-4-6-13(11)15(16)19-14/h3-7,9H,8H2,1-2H3,(H,17,19). The summed E-state index contributed by atoms with van der Waals surface area (Å²) < 4.78 is 1.86. The van der Waals surface area contributed by atoms with E-state index in [9.17, 15) is 0 Å². The summed E-state index contributed by atoms with van der Waals surface area (Å²) in [6, 6.07) is 9.96. The Bertz CT molecular complexity index is 764. The molecule has 1 N–H and O–H groups in total. The third-order valence-electron chi connectivity index (χ3n) is 3.49. The van der Waals surface area contributed by atoms with Gasteiger partial charge in [-0.3, -0.25) is 4.68 Å². The van der Waals surface area contributed by atoms with E-state index >= 15 is 0 Å². The van der Waals surface area contributed by atoms with Gasteiger partial charge in [-0.1, -0.05) is 35.9 Å². The number of benzene rings is 1. The first-order valence-electron chi connectivity index (χ1n) is 6.42. The van der Waals surface area contributed by atoms with Crippen molar-refractivity contribution in [3.8, 4) is 0 Å². The van der Waals surface area contributed by atoms with Crippen molar-refractivity contribution in [2.45, 2.75) is 13.5 Å². The SMILES string of the molecule is Cc1c(CNc2cc3ccccc3c(Cl)n2)cnn1C. The number of halogens is 1. The Morgan fingerprint density at radius 1 is 1.30 bits per heavy atom. The highest BCUT2D eigenvalue weighted by atomic mass is 35.5. The van der Waals surface area contributed by atoms with E-state index in [1.807, 2.05) is 55.2 Å². The summed E-state index contributed by atoms with van der Waals surface area (Å²) >= 11 is 6.21. The molecule has 2 aromatic heterocycles. The Balaban J connectivity index is 1.86. The van der Waals surface area contributed by atoms with Gasteiger partial charge in [0.25, 0.3) is 0 Å². The Labute approximate surface area is 122 Å². The normalized spacial score (nSPS) is 10.9. The number of nitrogens with one attached hydrogen (secondary N) is 1. The van der Waals surface area contributed by atoms with Crippen LogP contribution in [0.1, 0.15) is 11.3 Å². The second-order valence-corrected chi connectivity index (χ2v) is 5.11. The molecule has 1 aromatic carbocycles. The molecule has 0 spiro atoms. The van der Waals surface area contributed by atoms with Gasteiger partial charge in [-0.2, -0.15) is 5.10 Å². The molecule has 5 heteroatoms. The molecule has 0 saturated carbocycles. The van der Waals surface area contributed by atoms with E-state index in [0.29, 0.717) is 11.7 Å². The van der Waals surface area contributed by atoms with E-state index in [0.717, 1.165) is 27.8 Å². The minimum absolute atomic E-state index is 0.522. The Kier molecular flexibility index (Phi) is 3.32. The molecule has 20 heavy (non-hydrogen) atoms. The number of pyridine rings is 1. The van der Waals surface area contributed by atoms with Crippen LogP contribution in [0.3, 0.4) is 0 Å². The van der Waals surface area contributed by atoms with Crippen LogP contribution in [0.2, 0.25) is 5.15 Å². The summed E-state index contributed by atoms with van der Waals surface area (Å²) in [7, 11) is 1.93. The number of rotatable bonds is 3. The summed E-state index contributed by atoms with van der Waals surface area (Å²) in [4.78, 5) is 4.38. The monoisotopic (exact) mass is 286 g/mol. The molecule has 2 heterocycles. The van der Waals surface area contributed by atoms with E-state index < -0.39 is 0 Å². The third-order valence-corrected chi connectivity index (χ3v) is 3.78. The molecule has 0 fully saturated rings. The fraction of sp³-hybridized carbons (Fsp3) is 0.200. The smallest absolute Gasteiger partial charge is 0.139 e. The number of anilines is 1. The summed E-state index contributed by atoms with van der Waals surface area (Å²) in [6.45, 7) is 2.73. The molecule has 0 amide bonds.